The predicted molar refractivity (Wildman–Crippen MR) is 68.6 cm³/mol. The number of amides is 1. The molecule has 0 saturated heterocycles. The van der Waals surface area contributed by atoms with Gasteiger partial charge in [-0.3, -0.25) is 9.59 Å². The molecule has 0 radical (unpaired) electrons. The van der Waals surface area contributed by atoms with Gasteiger partial charge in [-0.2, -0.15) is 0 Å². The maximum Gasteiger partial charge on any atom is 0.307 e. The number of ether oxygens (including phenoxy) is 2. The van der Waals surface area contributed by atoms with Crippen molar-refractivity contribution in [1.82, 2.24) is 5.32 Å². The molecule has 104 valence electrons. The van der Waals surface area contributed by atoms with Gasteiger partial charge in [0.05, 0.1) is 0 Å². The van der Waals surface area contributed by atoms with E-state index in [9.17, 15) is 9.59 Å². The minimum atomic E-state index is -0.626. The van der Waals surface area contributed by atoms with Crippen molar-refractivity contribution < 1.29 is 19.1 Å². The minimum Gasteiger partial charge on any atom is -0.436 e. The van der Waals surface area contributed by atoms with E-state index in [0.29, 0.717) is 19.3 Å². The van der Waals surface area contributed by atoms with Gasteiger partial charge in [0, 0.05) is 12.8 Å². The third kappa shape index (κ3) is 7.06. The Morgan fingerprint density at radius 2 is 2.00 bits per heavy atom. The number of rotatable bonds is 9. The zero-order valence-corrected chi connectivity index (χ0v) is 11.4. The lowest BCUT2D eigenvalue weighted by atomic mass is 10.3. The first-order valence-corrected chi connectivity index (χ1v) is 6.35. The number of esters is 1. The van der Waals surface area contributed by atoms with Crippen molar-refractivity contribution in [2.45, 2.75) is 59.0 Å². The fraction of sp³-hybridized carbons (Fsp3) is 0.692. The molecule has 0 aromatic carbocycles. The van der Waals surface area contributed by atoms with Crippen LogP contribution in [0.15, 0.2) is 12.7 Å². The Morgan fingerprint density at radius 1 is 1.33 bits per heavy atom. The van der Waals surface area contributed by atoms with Crippen LogP contribution in [0.3, 0.4) is 0 Å². The summed E-state index contributed by atoms with van der Waals surface area (Å²) in [6.45, 7) is 8.94. The van der Waals surface area contributed by atoms with Crippen LogP contribution in [0.1, 0.15) is 46.5 Å². The molecule has 0 aliphatic heterocycles. The molecular formula is C13H23NO4. The van der Waals surface area contributed by atoms with Gasteiger partial charge in [-0.1, -0.05) is 33.8 Å². The molecule has 2 unspecified atom stereocenters. The third-order valence-corrected chi connectivity index (χ3v) is 2.24. The van der Waals surface area contributed by atoms with Gasteiger partial charge in [0.15, 0.2) is 0 Å². The zero-order valence-electron chi connectivity index (χ0n) is 11.4. The maximum absolute atomic E-state index is 11.2. The molecule has 5 nitrogen and oxygen atoms in total. The van der Waals surface area contributed by atoms with E-state index in [-0.39, 0.29) is 11.9 Å². The summed E-state index contributed by atoms with van der Waals surface area (Å²) in [5.74, 6) is -0.614. The standard InChI is InChI=1S/C13H23NO4/c1-5-9-11(14-10(15)6-2)17-13(8-4)18-12(16)7-3/h6,11,13H,2,5,7-9H2,1,3-4H3,(H,14,15). The van der Waals surface area contributed by atoms with Crippen molar-refractivity contribution in [2.75, 3.05) is 0 Å². The van der Waals surface area contributed by atoms with Crippen LogP contribution in [-0.2, 0) is 19.1 Å². The van der Waals surface area contributed by atoms with E-state index in [2.05, 4.69) is 11.9 Å². The second kappa shape index (κ2) is 9.65. The summed E-state index contributed by atoms with van der Waals surface area (Å²) in [4.78, 5) is 22.4. The second-order valence-corrected chi connectivity index (χ2v) is 3.81. The first-order valence-electron chi connectivity index (χ1n) is 6.35. The van der Waals surface area contributed by atoms with Gasteiger partial charge >= 0.3 is 5.97 Å². The molecular weight excluding hydrogens is 234 g/mol. The predicted octanol–water partition coefficient (Wildman–Crippen LogP) is 2.12. The molecule has 18 heavy (non-hydrogen) atoms. The molecule has 0 rings (SSSR count). The molecule has 0 spiro atoms. The highest BCUT2D eigenvalue weighted by Gasteiger charge is 2.18. The Kier molecular flexibility index (Phi) is 8.92. The molecule has 1 amide bonds. The summed E-state index contributed by atoms with van der Waals surface area (Å²) < 4.78 is 10.7. The van der Waals surface area contributed by atoms with Crippen LogP contribution in [0.2, 0.25) is 0 Å². The lowest BCUT2D eigenvalue weighted by molar-refractivity contribution is -0.194. The van der Waals surface area contributed by atoms with Gasteiger partial charge in [0.2, 0.25) is 12.2 Å². The minimum absolute atomic E-state index is 0.301. The normalized spacial score (nSPS) is 13.5. The Labute approximate surface area is 109 Å². The largest absolute Gasteiger partial charge is 0.436 e. The quantitative estimate of drug-likeness (QED) is 0.390. The van der Waals surface area contributed by atoms with Crippen molar-refractivity contribution in [2.24, 2.45) is 0 Å². The molecule has 0 aromatic heterocycles. The van der Waals surface area contributed by atoms with Gasteiger partial charge in [-0.25, -0.2) is 0 Å². The molecule has 2 atom stereocenters. The summed E-state index contributed by atoms with van der Waals surface area (Å²) >= 11 is 0. The summed E-state index contributed by atoms with van der Waals surface area (Å²) in [5, 5.41) is 2.65. The Morgan fingerprint density at radius 3 is 2.44 bits per heavy atom. The van der Waals surface area contributed by atoms with Crippen LogP contribution in [0.5, 0.6) is 0 Å². The van der Waals surface area contributed by atoms with Crippen molar-refractivity contribution in [3.05, 3.63) is 12.7 Å². The molecule has 5 heteroatoms. The molecule has 0 fully saturated rings. The average molecular weight is 257 g/mol. The van der Waals surface area contributed by atoms with E-state index < -0.39 is 12.5 Å². The smallest absolute Gasteiger partial charge is 0.307 e. The first-order chi connectivity index (χ1) is 8.57. The fourth-order valence-electron chi connectivity index (χ4n) is 1.27. The van der Waals surface area contributed by atoms with Gasteiger partial charge < -0.3 is 14.8 Å². The number of hydrogen-bond donors (Lipinski definition) is 1. The second-order valence-electron chi connectivity index (χ2n) is 3.81. The van der Waals surface area contributed by atoms with E-state index in [1.54, 1.807) is 6.92 Å². The van der Waals surface area contributed by atoms with Crippen molar-refractivity contribution >= 4 is 11.9 Å². The highest BCUT2D eigenvalue weighted by molar-refractivity contribution is 5.86. The summed E-state index contributed by atoms with van der Waals surface area (Å²) in [5.41, 5.74) is 0. The Bertz CT molecular complexity index is 278. The van der Waals surface area contributed by atoms with Gasteiger partial charge in [-0.15, -0.1) is 0 Å². The van der Waals surface area contributed by atoms with Crippen LogP contribution >= 0.6 is 0 Å². The van der Waals surface area contributed by atoms with E-state index >= 15 is 0 Å². The molecule has 0 aromatic rings. The Hall–Kier alpha value is -1.36. The molecule has 0 saturated carbocycles. The first kappa shape index (κ1) is 16.6. The summed E-state index contributed by atoms with van der Waals surface area (Å²) in [6.07, 6.45) is 2.44. The van der Waals surface area contributed by atoms with Crippen molar-refractivity contribution in [3.8, 4) is 0 Å². The lowest BCUT2D eigenvalue weighted by Crippen LogP contribution is -2.39. The molecule has 0 heterocycles. The lowest BCUT2D eigenvalue weighted by Gasteiger charge is -2.24. The van der Waals surface area contributed by atoms with Crippen molar-refractivity contribution in [1.29, 1.82) is 0 Å². The van der Waals surface area contributed by atoms with Gasteiger partial charge in [0.1, 0.15) is 6.23 Å². The summed E-state index contributed by atoms with van der Waals surface area (Å²) in [6, 6.07) is 0. The van der Waals surface area contributed by atoms with Gasteiger partial charge in [0.25, 0.3) is 0 Å². The van der Waals surface area contributed by atoms with Crippen LogP contribution in [-0.4, -0.2) is 24.4 Å². The SMILES string of the molecule is C=CC(=O)NC(CCC)OC(CC)OC(=O)CC. The molecule has 0 aliphatic rings. The van der Waals surface area contributed by atoms with Gasteiger partial charge in [-0.05, 0) is 12.5 Å². The average Bonchev–Trinajstić information content (AvgIpc) is 2.37. The number of hydrogen-bond acceptors (Lipinski definition) is 4. The number of carbonyl (C=O) groups is 2. The van der Waals surface area contributed by atoms with E-state index in [1.165, 1.54) is 6.08 Å². The Balaban J connectivity index is 4.37. The van der Waals surface area contributed by atoms with E-state index in [1.807, 2.05) is 13.8 Å². The van der Waals surface area contributed by atoms with Crippen LogP contribution < -0.4 is 5.32 Å². The molecule has 0 bridgehead atoms. The fourth-order valence-corrected chi connectivity index (χ4v) is 1.27. The maximum atomic E-state index is 11.2. The molecule has 0 aliphatic carbocycles. The highest BCUT2D eigenvalue weighted by atomic mass is 16.7. The molecule has 1 N–H and O–H groups in total. The monoisotopic (exact) mass is 257 g/mol. The zero-order chi connectivity index (χ0) is 14.0. The third-order valence-electron chi connectivity index (χ3n) is 2.24. The topological polar surface area (TPSA) is 64.6 Å². The van der Waals surface area contributed by atoms with Crippen LogP contribution in [0.25, 0.3) is 0 Å². The van der Waals surface area contributed by atoms with Crippen LogP contribution in [0.4, 0.5) is 0 Å². The van der Waals surface area contributed by atoms with E-state index in [0.717, 1.165) is 6.42 Å². The van der Waals surface area contributed by atoms with Crippen molar-refractivity contribution in [3.63, 3.8) is 0 Å². The van der Waals surface area contributed by atoms with Crippen LogP contribution in [0, 0.1) is 0 Å². The highest BCUT2D eigenvalue weighted by Crippen LogP contribution is 2.09. The van der Waals surface area contributed by atoms with E-state index in [4.69, 9.17) is 9.47 Å². The summed E-state index contributed by atoms with van der Waals surface area (Å²) in [7, 11) is 0. The number of nitrogens with one attached hydrogen (secondary N) is 1. The number of carbonyl (C=O) groups excluding carboxylic acids is 2.